The molecule has 0 amide bonds. The van der Waals surface area contributed by atoms with Crippen LogP contribution in [0.1, 0.15) is 23.6 Å². The average molecular weight is 505 g/mol. The number of anilines is 1. The van der Waals surface area contributed by atoms with Crippen molar-refractivity contribution < 1.29 is 9.47 Å². The first-order chi connectivity index (χ1) is 13.5. The third-order valence-electron chi connectivity index (χ3n) is 4.18. The molecule has 3 rings (SSSR count). The first kappa shape index (κ1) is 20.7. The van der Waals surface area contributed by atoms with Gasteiger partial charge in [-0.05, 0) is 77.3 Å². The number of hydrogen-bond donors (Lipinski definition) is 1. The number of ether oxygens (including phenoxy) is 2. The quantitative estimate of drug-likeness (QED) is 0.354. The fourth-order valence-corrected chi connectivity index (χ4v) is 3.72. The summed E-state index contributed by atoms with van der Waals surface area (Å²) >= 11 is 7.11. The van der Waals surface area contributed by atoms with E-state index in [0.717, 1.165) is 37.3 Å². The maximum atomic E-state index is 6.09. The lowest BCUT2D eigenvalue weighted by Gasteiger charge is -2.16. The Kier molecular flexibility index (Phi) is 7.40. The molecule has 0 spiro atoms. The Morgan fingerprint density at radius 2 is 1.68 bits per heavy atom. The Bertz CT molecular complexity index is 926. The van der Waals surface area contributed by atoms with E-state index >= 15 is 0 Å². The van der Waals surface area contributed by atoms with Gasteiger partial charge in [0.25, 0.3) is 0 Å². The molecule has 0 fully saturated rings. The second-order valence-electron chi connectivity index (χ2n) is 6.48. The lowest BCUT2D eigenvalue weighted by molar-refractivity contribution is 0.267. The topological polar surface area (TPSA) is 30.5 Å². The smallest absolute Gasteiger partial charge is 0.175 e. The molecule has 0 radical (unpaired) electrons. The largest absolute Gasteiger partial charge is 0.490 e. The summed E-state index contributed by atoms with van der Waals surface area (Å²) in [6.45, 7) is 5.83. The Morgan fingerprint density at radius 1 is 0.893 bits per heavy atom. The predicted octanol–water partition coefficient (Wildman–Crippen LogP) is 7.11. The standard InChI is InChI=1S/C23H23Br2NO2/c1-3-27-22-13-18(14-26-20-9-7-19(24)8-10-20)12-21(25)23(22)28-15-17-6-4-5-16(2)11-17/h4-13,26H,3,14-15H2,1-2H3. The normalized spacial score (nSPS) is 10.6. The molecule has 0 unspecified atom stereocenters. The third-order valence-corrected chi connectivity index (χ3v) is 5.29. The average Bonchev–Trinajstić information content (AvgIpc) is 2.67. The number of aryl methyl sites for hydroxylation is 1. The van der Waals surface area contributed by atoms with Crippen molar-refractivity contribution in [3.63, 3.8) is 0 Å². The molecular formula is C23H23Br2NO2. The molecule has 0 aromatic heterocycles. The zero-order chi connectivity index (χ0) is 19.9. The van der Waals surface area contributed by atoms with Gasteiger partial charge in [0.1, 0.15) is 6.61 Å². The van der Waals surface area contributed by atoms with Crippen LogP contribution in [0.3, 0.4) is 0 Å². The van der Waals surface area contributed by atoms with Gasteiger partial charge >= 0.3 is 0 Å². The van der Waals surface area contributed by atoms with Crippen LogP contribution in [0, 0.1) is 6.92 Å². The summed E-state index contributed by atoms with van der Waals surface area (Å²) < 4.78 is 13.9. The molecule has 0 aliphatic rings. The second-order valence-corrected chi connectivity index (χ2v) is 8.25. The van der Waals surface area contributed by atoms with E-state index in [4.69, 9.17) is 9.47 Å². The predicted molar refractivity (Wildman–Crippen MR) is 122 cm³/mol. The molecule has 0 aliphatic heterocycles. The lowest BCUT2D eigenvalue weighted by Crippen LogP contribution is -2.04. The first-order valence-corrected chi connectivity index (χ1v) is 10.8. The van der Waals surface area contributed by atoms with Gasteiger partial charge in [-0.3, -0.25) is 0 Å². The summed E-state index contributed by atoms with van der Waals surface area (Å²) in [6, 6.07) is 20.6. The van der Waals surface area contributed by atoms with Gasteiger partial charge in [0.05, 0.1) is 11.1 Å². The van der Waals surface area contributed by atoms with E-state index in [-0.39, 0.29) is 0 Å². The number of nitrogens with one attached hydrogen (secondary N) is 1. The number of benzene rings is 3. The summed E-state index contributed by atoms with van der Waals surface area (Å²) in [6.07, 6.45) is 0. The molecule has 0 aliphatic carbocycles. The lowest BCUT2D eigenvalue weighted by atomic mass is 10.1. The van der Waals surface area contributed by atoms with Crippen LogP contribution in [0.25, 0.3) is 0 Å². The van der Waals surface area contributed by atoms with Crippen LogP contribution in [0.2, 0.25) is 0 Å². The van der Waals surface area contributed by atoms with Gasteiger partial charge in [0.2, 0.25) is 0 Å². The van der Waals surface area contributed by atoms with E-state index in [0.29, 0.717) is 19.8 Å². The Labute approximate surface area is 183 Å². The molecule has 0 saturated carbocycles. The van der Waals surface area contributed by atoms with Crippen LogP contribution in [0.15, 0.2) is 69.6 Å². The minimum atomic E-state index is 0.497. The minimum Gasteiger partial charge on any atom is -0.490 e. The monoisotopic (exact) mass is 503 g/mol. The van der Waals surface area contributed by atoms with Crippen LogP contribution in [-0.2, 0) is 13.2 Å². The van der Waals surface area contributed by atoms with E-state index in [9.17, 15) is 0 Å². The molecule has 3 nitrogen and oxygen atoms in total. The van der Waals surface area contributed by atoms with Crippen LogP contribution in [-0.4, -0.2) is 6.61 Å². The van der Waals surface area contributed by atoms with E-state index in [2.05, 4.69) is 68.4 Å². The minimum absolute atomic E-state index is 0.497. The third kappa shape index (κ3) is 5.76. The maximum absolute atomic E-state index is 6.09. The Morgan fingerprint density at radius 3 is 2.39 bits per heavy atom. The van der Waals surface area contributed by atoms with Crippen LogP contribution in [0.4, 0.5) is 5.69 Å². The van der Waals surface area contributed by atoms with Crippen molar-refractivity contribution in [1.29, 1.82) is 0 Å². The summed E-state index contributed by atoms with van der Waals surface area (Å²) in [5.74, 6) is 1.48. The van der Waals surface area contributed by atoms with Crippen LogP contribution >= 0.6 is 31.9 Å². The van der Waals surface area contributed by atoms with E-state index in [1.165, 1.54) is 5.56 Å². The molecule has 146 valence electrons. The summed E-state index contributed by atoms with van der Waals surface area (Å²) in [7, 11) is 0. The fourth-order valence-electron chi connectivity index (χ4n) is 2.86. The zero-order valence-corrected chi connectivity index (χ0v) is 19.1. The molecule has 0 atom stereocenters. The molecule has 3 aromatic carbocycles. The van der Waals surface area contributed by atoms with Crippen molar-refractivity contribution in [2.45, 2.75) is 27.0 Å². The highest BCUT2D eigenvalue weighted by atomic mass is 79.9. The van der Waals surface area contributed by atoms with Crippen molar-refractivity contribution in [2.75, 3.05) is 11.9 Å². The van der Waals surface area contributed by atoms with Gasteiger partial charge < -0.3 is 14.8 Å². The van der Waals surface area contributed by atoms with Gasteiger partial charge in [-0.2, -0.15) is 0 Å². The number of rotatable bonds is 8. The molecule has 1 N–H and O–H groups in total. The number of hydrogen-bond acceptors (Lipinski definition) is 3. The molecule has 0 bridgehead atoms. The summed E-state index contributed by atoms with van der Waals surface area (Å²) in [4.78, 5) is 0. The number of halogens is 2. The van der Waals surface area contributed by atoms with Gasteiger partial charge in [-0.25, -0.2) is 0 Å². The van der Waals surface area contributed by atoms with E-state index in [1.54, 1.807) is 0 Å². The van der Waals surface area contributed by atoms with Gasteiger partial charge in [0, 0.05) is 16.7 Å². The van der Waals surface area contributed by atoms with E-state index in [1.807, 2.05) is 43.3 Å². The maximum Gasteiger partial charge on any atom is 0.175 e. The highest BCUT2D eigenvalue weighted by molar-refractivity contribution is 9.10. The molecule has 5 heteroatoms. The second kappa shape index (κ2) is 9.99. The molecule has 3 aromatic rings. The van der Waals surface area contributed by atoms with Crippen molar-refractivity contribution in [3.05, 3.63) is 86.3 Å². The molecule has 0 saturated heterocycles. The van der Waals surface area contributed by atoms with Crippen molar-refractivity contribution in [3.8, 4) is 11.5 Å². The van der Waals surface area contributed by atoms with Crippen molar-refractivity contribution in [1.82, 2.24) is 0 Å². The van der Waals surface area contributed by atoms with Crippen molar-refractivity contribution >= 4 is 37.5 Å². The summed E-state index contributed by atoms with van der Waals surface area (Å²) in [5, 5.41) is 3.43. The van der Waals surface area contributed by atoms with Crippen molar-refractivity contribution in [2.24, 2.45) is 0 Å². The van der Waals surface area contributed by atoms with E-state index < -0.39 is 0 Å². The first-order valence-electron chi connectivity index (χ1n) is 9.18. The van der Waals surface area contributed by atoms with Gasteiger partial charge in [0.15, 0.2) is 11.5 Å². The molecule has 28 heavy (non-hydrogen) atoms. The highest BCUT2D eigenvalue weighted by Gasteiger charge is 2.13. The Hall–Kier alpha value is -1.98. The summed E-state index contributed by atoms with van der Waals surface area (Å²) in [5.41, 5.74) is 4.54. The highest BCUT2D eigenvalue weighted by Crippen LogP contribution is 2.37. The molecule has 0 heterocycles. The van der Waals surface area contributed by atoms with Crippen LogP contribution < -0.4 is 14.8 Å². The van der Waals surface area contributed by atoms with Gasteiger partial charge in [-0.1, -0.05) is 45.8 Å². The van der Waals surface area contributed by atoms with Crippen LogP contribution in [0.5, 0.6) is 11.5 Å². The van der Waals surface area contributed by atoms with Gasteiger partial charge in [-0.15, -0.1) is 0 Å². The Balaban J connectivity index is 1.74. The SMILES string of the molecule is CCOc1cc(CNc2ccc(Br)cc2)cc(Br)c1OCc1cccc(C)c1. The zero-order valence-electron chi connectivity index (χ0n) is 16.0. The molecular weight excluding hydrogens is 482 g/mol. The fraction of sp³-hybridized carbons (Fsp3) is 0.217.